The number of hydrogen-bond acceptors (Lipinski definition) is 3. The van der Waals surface area contributed by atoms with Crippen molar-refractivity contribution in [2.75, 3.05) is 0 Å². The van der Waals surface area contributed by atoms with Crippen molar-refractivity contribution >= 4 is 33.5 Å². The fourth-order valence-electron chi connectivity index (χ4n) is 1.26. The van der Waals surface area contributed by atoms with Crippen molar-refractivity contribution in [1.29, 1.82) is 0 Å². The van der Waals surface area contributed by atoms with Gasteiger partial charge in [-0.15, -0.1) is 0 Å². The summed E-state index contributed by atoms with van der Waals surface area (Å²) in [6.07, 6.45) is 1.08. The topological polar surface area (TPSA) is 63.3 Å². The van der Waals surface area contributed by atoms with Crippen LogP contribution in [0.25, 0.3) is 11.3 Å². The summed E-state index contributed by atoms with van der Waals surface area (Å²) in [4.78, 5) is 14.5. The van der Waals surface area contributed by atoms with E-state index in [0.29, 0.717) is 10.6 Å². The molecule has 0 aliphatic heterocycles. The molecule has 0 aliphatic rings. The highest BCUT2D eigenvalue weighted by Gasteiger charge is 2.19. The van der Waals surface area contributed by atoms with Crippen molar-refractivity contribution in [3.8, 4) is 11.3 Å². The number of benzene rings is 1. The van der Waals surface area contributed by atoms with Gasteiger partial charge in [0.1, 0.15) is 0 Å². The summed E-state index contributed by atoms with van der Waals surface area (Å²) in [6.45, 7) is 0. The molecule has 0 unspecified atom stereocenters. The summed E-state index contributed by atoms with van der Waals surface area (Å²) >= 11 is 9.25. The molecule has 1 N–H and O–H groups in total. The second-order valence-electron chi connectivity index (χ2n) is 2.96. The van der Waals surface area contributed by atoms with Crippen LogP contribution in [-0.2, 0) is 0 Å². The van der Waals surface area contributed by atoms with E-state index < -0.39 is 5.97 Å². The Morgan fingerprint density at radius 1 is 1.50 bits per heavy atom. The first kappa shape index (κ1) is 11.2. The van der Waals surface area contributed by atoms with Gasteiger partial charge in [-0.25, -0.2) is 9.78 Å². The van der Waals surface area contributed by atoms with Crippen LogP contribution in [0.15, 0.2) is 33.5 Å². The average Bonchev–Trinajstić information content (AvgIpc) is 2.66. The monoisotopic (exact) mass is 301 g/mol. The molecule has 0 saturated carbocycles. The Bertz CT molecular complexity index is 553. The lowest BCUT2D eigenvalue weighted by molar-refractivity contribution is 0.0691. The average molecular weight is 303 g/mol. The Hall–Kier alpha value is -1.33. The molecule has 4 nitrogen and oxygen atoms in total. The van der Waals surface area contributed by atoms with Crippen LogP contribution in [-0.4, -0.2) is 16.1 Å². The molecule has 0 fully saturated rings. The van der Waals surface area contributed by atoms with Crippen molar-refractivity contribution in [3.05, 3.63) is 39.8 Å². The van der Waals surface area contributed by atoms with Crippen LogP contribution in [0.3, 0.4) is 0 Å². The molecular formula is C10H5BrClNO3. The number of carbonyl (C=O) groups is 1. The largest absolute Gasteiger partial charge is 0.476 e. The van der Waals surface area contributed by atoms with Crippen LogP contribution in [0.1, 0.15) is 10.5 Å². The molecule has 2 rings (SSSR count). The Balaban J connectivity index is 2.59. The Morgan fingerprint density at radius 3 is 2.88 bits per heavy atom. The molecule has 1 aromatic carbocycles. The van der Waals surface area contributed by atoms with E-state index in [2.05, 4.69) is 20.9 Å². The van der Waals surface area contributed by atoms with Crippen molar-refractivity contribution in [2.45, 2.75) is 0 Å². The maximum absolute atomic E-state index is 10.9. The van der Waals surface area contributed by atoms with Gasteiger partial charge in [0.05, 0.1) is 5.02 Å². The van der Waals surface area contributed by atoms with E-state index in [1.54, 1.807) is 18.2 Å². The molecule has 0 saturated heterocycles. The van der Waals surface area contributed by atoms with E-state index in [0.717, 1.165) is 10.9 Å². The van der Waals surface area contributed by atoms with Crippen LogP contribution in [0, 0.1) is 0 Å². The second kappa shape index (κ2) is 4.27. The van der Waals surface area contributed by atoms with Gasteiger partial charge in [0.15, 0.2) is 17.8 Å². The fourth-order valence-corrected chi connectivity index (χ4v) is 2.02. The second-order valence-corrected chi connectivity index (χ2v) is 4.28. The van der Waals surface area contributed by atoms with Gasteiger partial charge in [0, 0.05) is 10.0 Å². The number of nitrogens with zero attached hydrogens (tertiary/aromatic N) is 1. The van der Waals surface area contributed by atoms with Crippen LogP contribution >= 0.6 is 27.5 Å². The first-order valence-electron chi connectivity index (χ1n) is 4.22. The van der Waals surface area contributed by atoms with Gasteiger partial charge in [-0.3, -0.25) is 0 Å². The van der Waals surface area contributed by atoms with Gasteiger partial charge in [-0.05, 0) is 18.2 Å². The molecular weight excluding hydrogens is 297 g/mol. The molecule has 1 aromatic heterocycles. The first-order chi connectivity index (χ1) is 7.59. The van der Waals surface area contributed by atoms with Crippen molar-refractivity contribution in [2.24, 2.45) is 0 Å². The molecule has 0 spiro atoms. The number of aromatic nitrogens is 1. The Morgan fingerprint density at radius 2 is 2.25 bits per heavy atom. The summed E-state index contributed by atoms with van der Waals surface area (Å²) in [7, 11) is 0. The normalized spacial score (nSPS) is 10.4. The van der Waals surface area contributed by atoms with Crippen molar-refractivity contribution in [3.63, 3.8) is 0 Å². The van der Waals surface area contributed by atoms with E-state index in [9.17, 15) is 4.79 Å². The first-order valence-corrected chi connectivity index (χ1v) is 5.39. The molecule has 82 valence electrons. The minimum atomic E-state index is -1.15. The van der Waals surface area contributed by atoms with E-state index in [1.165, 1.54) is 0 Å². The zero-order valence-electron chi connectivity index (χ0n) is 7.78. The summed E-state index contributed by atoms with van der Waals surface area (Å²) in [6, 6.07) is 5.07. The lowest BCUT2D eigenvalue weighted by Crippen LogP contribution is -1.98. The van der Waals surface area contributed by atoms with Gasteiger partial charge in [-0.1, -0.05) is 27.5 Å². The van der Waals surface area contributed by atoms with Crippen molar-refractivity contribution < 1.29 is 14.3 Å². The quantitative estimate of drug-likeness (QED) is 0.923. The minimum Gasteiger partial charge on any atom is -0.476 e. The predicted octanol–water partition coefficient (Wildman–Crippen LogP) is 3.46. The molecule has 16 heavy (non-hydrogen) atoms. The third kappa shape index (κ3) is 1.96. The smallest absolute Gasteiger partial charge is 0.358 e. The number of hydrogen-bond donors (Lipinski definition) is 1. The van der Waals surface area contributed by atoms with Gasteiger partial charge < -0.3 is 9.52 Å². The van der Waals surface area contributed by atoms with Crippen LogP contribution in [0.5, 0.6) is 0 Å². The number of aromatic carboxylic acids is 1. The fraction of sp³-hybridized carbons (Fsp3) is 0. The number of halogens is 2. The van der Waals surface area contributed by atoms with Gasteiger partial charge in [-0.2, -0.15) is 0 Å². The maximum atomic E-state index is 10.9. The van der Waals surface area contributed by atoms with Crippen LogP contribution < -0.4 is 0 Å². The summed E-state index contributed by atoms with van der Waals surface area (Å²) in [5, 5.41) is 9.28. The van der Waals surface area contributed by atoms with E-state index in [-0.39, 0.29) is 11.5 Å². The summed E-state index contributed by atoms with van der Waals surface area (Å²) in [5.41, 5.74) is 0.351. The van der Waals surface area contributed by atoms with E-state index in [1.807, 2.05) is 0 Å². The molecule has 0 atom stereocenters. The lowest BCUT2D eigenvalue weighted by atomic mass is 10.1. The lowest BCUT2D eigenvalue weighted by Gasteiger charge is -2.01. The Kier molecular flexibility index (Phi) is 2.98. The summed E-state index contributed by atoms with van der Waals surface area (Å²) < 4.78 is 5.84. The third-order valence-corrected chi connectivity index (χ3v) is 2.75. The highest BCUT2D eigenvalue weighted by molar-refractivity contribution is 9.10. The molecule has 0 amide bonds. The number of carboxylic acids is 1. The number of oxazole rings is 1. The van der Waals surface area contributed by atoms with Crippen LogP contribution in [0.4, 0.5) is 0 Å². The third-order valence-electron chi connectivity index (χ3n) is 1.95. The van der Waals surface area contributed by atoms with E-state index in [4.69, 9.17) is 21.1 Å². The van der Waals surface area contributed by atoms with E-state index >= 15 is 0 Å². The zero-order chi connectivity index (χ0) is 11.7. The van der Waals surface area contributed by atoms with Gasteiger partial charge in [0.2, 0.25) is 0 Å². The molecule has 0 radical (unpaired) electrons. The van der Waals surface area contributed by atoms with Gasteiger partial charge >= 0.3 is 5.97 Å². The molecule has 0 bridgehead atoms. The standard InChI is InChI=1S/C10H5BrClNO3/c11-5-1-2-6(7(12)3-5)9-8(10(14)15)13-4-16-9/h1-4H,(H,14,15). The minimum absolute atomic E-state index is 0.149. The maximum Gasteiger partial charge on any atom is 0.358 e. The number of rotatable bonds is 2. The van der Waals surface area contributed by atoms with Gasteiger partial charge in [0.25, 0.3) is 0 Å². The molecule has 2 aromatic rings. The van der Waals surface area contributed by atoms with Crippen LogP contribution in [0.2, 0.25) is 5.02 Å². The van der Waals surface area contributed by atoms with Crippen molar-refractivity contribution in [1.82, 2.24) is 4.98 Å². The Labute approximate surface area is 104 Å². The summed E-state index contributed by atoms with van der Waals surface area (Å²) in [5.74, 6) is -0.993. The molecule has 6 heteroatoms. The highest BCUT2D eigenvalue weighted by Crippen LogP contribution is 2.32. The number of carboxylic acid groups (broad SMARTS) is 1. The predicted molar refractivity (Wildman–Crippen MR) is 61.6 cm³/mol. The highest BCUT2D eigenvalue weighted by atomic mass is 79.9. The zero-order valence-corrected chi connectivity index (χ0v) is 10.1. The molecule has 0 aliphatic carbocycles. The SMILES string of the molecule is O=C(O)c1ncoc1-c1ccc(Br)cc1Cl. The molecule has 1 heterocycles.